The zero-order valence-corrected chi connectivity index (χ0v) is 16.0. The van der Waals surface area contributed by atoms with Gasteiger partial charge in [0, 0.05) is 11.4 Å². The Kier molecular flexibility index (Phi) is 5.71. The zero-order valence-electron chi connectivity index (χ0n) is 15.2. The van der Waals surface area contributed by atoms with Crippen molar-refractivity contribution in [2.75, 3.05) is 10.0 Å². The van der Waals surface area contributed by atoms with Crippen LogP contribution in [0.15, 0.2) is 76.2 Å². The molecule has 0 radical (unpaired) electrons. The van der Waals surface area contributed by atoms with Gasteiger partial charge in [-0.25, -0.2) is 8.42 Å². The van der Waals surface area contributed by atoms with E-state index < -0.39 is 10.0 Å². The van der Waals surface area contributed by atoms with Crippen LogP contribution in [-0.2, 0) is 16.6 Å². The number of furan rings is 1. The van der Waals surface area contributed by atoms with Gasteiger partial charge in [-0.2, -0.15) is 0 Å². The predicted molar refractivity (Wildman–Crippen MR) is 105 cm³/mol. The van der Waals surface area contributed by atoms with Gasteiger partial charge in [0.25, 0.3) is 10.0 Å². The van der Waals surface area contributed by atoms with Crippen molar-refractivity contribution in [2.45, 2.75) is 31.4 Å². The van der Waals surface area contributed by atoms with Gasteiger partial charge in [0.2, 0.25) is 0 Å². The largest absolute Gasteiger partial charge is 0.491 e. The molecule has 3 rings (SSSR count). The van der Waals surface area contributed by atoms with Crippen LogP contribution in [0.25, 0.3) is 0 Å². The number of benzene rings is 2. The fraction of sp³-hybridized carbons (Fsp3) is 0.200. The second kappa shape index (κ2) is 8.18. The number of hydrogen-bond donors (Lipinski definition) is 2. The fourth-order valence-electron chi connectivity index (χ4n) is 2.44. The van der Waals surface area contributed by atoms with Crippen LogP contribution in [0.4, 0.5) is 11.4 Å². The molecule has 27 heavy (non-hydrogen) atoms. The molecule has 0 bridgehead atoms. The average Bonchev–Trinajstić information content (AvgIpc) is 3.14. The van der Waals surface area contributed by atoms with E-state index in [0.717, 1.165) is 11.4 Å². The summed E-state index contributed by atoms with van der Waals surface area (Å²) in [6, 6.07) is 17.1. The van der Waals surface area contributed by atoms with Crippen molar-refractivity contribution >= 4 is 21.4 Å². The van der Waals surface area contributed by atoms with Gasteiger partial charge in [0.05, 0.1) is 23.8 Å². The molecule has 0 saturated carbocycles. The molecule has 0 amide bonds. The van der Waals surface area contributed by atoms with Crippen molar-refractivity contribution in [3.63, 3.8) is 0 Å². The maximum absolute atomic E-state index is 12.5. The SMILES string of the molecule is CC(C)Oc1ccc(S(=O)(=O)Nc2ccc(NCc3ccco3)cc2)cc1. The molecule has 0 aliphatic heterocycles. The summed E-state index contributed by atoms with van der Waals surface area (Å²) in [7, 11) is -3.66. The normalized spacial score (nSPS) is 11.4. The van der Waals surface area contributed by atoms with Gasteiger partial charge in [-0.15, -0.1) is 0 Å². The van der Waals surface area contributed by atoms with Crippen LogP contribution in [-0.4, -0.2) is 14.5 Å². The molecule has 0 unspecified atom stereocenters. The highest BCUT2D eigenvalue weighted by atomic mass is 32.2. The van der Waals surface area contributed by atoms with E-state index in [1.54, 1.807) is 42.7 Å². The molecule has 0 aliphatic carbocycles. The van der Waals surface area contributed by atoms with Crippen LogP contribution in [0.3, 0.4) is 0 Å². The van der Waals surface area contributed by atoms with Crippen LogP contribution in [0.5, 0.6) is 5.75 Å². The quantitative estimate of drug-likeness (QED) is 0.597. The molecular weight excluding hydrogens is 364 g/mol. The van der Waals surface area contributed by atoms with E-state index in [0.29, 0.717) is 18.0 Å². The van der Waals surface area contributed by atoms with E-state index in [4.69, 9.17) is 9.15 Å². The first-order valence-corrected chi connectivity index (χ1v) is 10.1. The molecular formula is C20H22N2O4S. The first kappa shape index (κ1) is 18.8. The van der Waals surface area contributed by atoms with Gasteiger partial charge < -0.3 is 14.5 Å². The van der Waals surface area contributed by atoms with Crippen molar-refractivity contribution in [3.8, 4) is 5.75 Å². The van der Waals surface area contributed by atoms with Gasteiger partial charge in [-0.3, -0.25) is 4.72 Å². The summed E-state index contributed by atoms with van der Waals surface area (Å²) >= 11 is 0. The zero-order chi connectivity index (χ0) is 19.3. The number of sulfonamides is 1. The molecule has 0 fully saturated rings. The van der Waals surface area contributed by atoms with Crippen LogP contribution in [0.1, 0.15) is 19.6 Å². The lowest BCUT2D eigenvalue weighted by Crippen LogP contribution is -2.13. The minimum atomic E-state index is -3.66. The maximum atomic E-state index is 12.5. The van der Waals surface area contributed by atoms with Crippen LogP contribution < -0.4 is 14.8 Å². The Balaban J connectivity index is 1.63. The minimum Gasteiger partial charge on any atom is -0.491 e. The van der Waals surface area contributed by atoms with Gasteiger partial charge >= 0.3 is 0 Å². The van der Waals surface area contributed by atoms with Gasteiger partial charge in [0.1, 0.15) is 11.5 Å². The topological polar surface area (TPSA) is 80.6 Å². The summed E-state index contributed by atoms with van der Waals surface area (Å²) in [5, 5.41) is 3.21. The Morgan fingerprint density at radius 2 is 1.63 bits per heavy atom. The van der Waals surface area contributed by atoms with Gasteiger partial charge in [-0.1, -0.05) is 0 Å². The molecule has 2 N–H and O–H groups in total. The van der Waals surface area contributed by atoms with Crippen molar-refractivity contribution < 1.29 is 17.6 Å². The molecule has 0 atom stereocenters. The van der Waals surface area contributed by atoms with E-state index in [-0.39, 0.29) is 11.0 Å². The molecule has 7 heteroatoms. The van der Waals surface area contributed by atoms with Gasteiger partial charge in [0.15, 0.2) is 0 Å². The maximum Gasteiger partial charge on any atom is 0.261 e. The summed E-state index contributed by atoms with van der Waals surface area (Å²) < 4.78 is 38.4. The monoisotopic (exact) mass is 386 g/mol. The summed E-state index contributed by atoms with van der Waals surface area (Å²) in [5.74, 6) is 1.46. The molecule has 3 aromatic rings. The third-order valence-electron chi connectivity index (χ3n) is 3.69. The molecule has 6 nitrogen and oxygen atoms in total. The average molecular weight is 386 g/mol. The lowest BCUT2D eigenvalue weighted by Gasteiger charge is -2.12. The van der Waals surface area contributed by atoms with Crippen LogP contribution >= 0.6 is 0 Å². The number of rotatable bonds is 8. The fourth-order valence-corrected chi connectivity index (χ4v) is 3.50. The highest BCUT2D eigenvalue weighted by molar-refractivity contribution is 7.92. The van der Waals surface area contributed by atoms with Gasteiger partial charge in [-0.05, 0) is 74.5 Å². The second-order valence-electron chi connectivity index (χ2n) is 6.25. The molecule has 2 aromatic carbocycles. The van der Waals surface area contributed by atoms with Crippen molar-refractivity contribution in [2.24, 2.45) is 0 Å². The number of hydrogen-bond acceptors (Lipinski definition) is 5. The van der Waals surface area contributed by atoms with Crippen LogP contribution in [0.2, 0.25) is 0 Å². The molecule has 0 spiro atoms. The van der Waals surface area contributed by atoms with Crippen LogP contribution in [0, 0.1) is 0 Å². The van der Waals surface area contributed by atoms with E-state index in [1.807, 2.05) is 26.0 Å². The van der Waals surface area contributed by atoms with E-state index in [1.165, 1.54) is 12.1 Å². The lowest BCUT2D eigenvalue weighted by molar-refractivity contribution is 0.242. The molecule has 0 saturated heterocycles. The summed E-state index contributed by atoms with van der Waals surface area (Å²) in [6.45, 7) is 4.39. The highest BCUT2D eigenvalue weighted by Crippen LogP contribution is 2.21. The molecule has 0 aliphatic rings. The number of ether oxygens (including phenoxy) is 1. The van der Waals surface area contributed by atoms with Crippen molar-refractivity contribution in [3.05, 3.63) is 72.7 Å². The standard InChI is InChI=1S/C20H22N2O4S/c1-15(2)26-18-9-11-20(12-10-18)27(23,24)22-17-7-5-16(6-8-17)21-14-19-4-3-13-25-19/h3-13,15,21-22H,14H2,1-2H3. The Labute approximate surface area is 159 Å². The Morgan fingerprint density at radius 3 is 2.22 bits per heavy atom. The predicted octanol–water partition coefficient (Wildman–Crippen LogP) is 4.48. The summed E-state index contributed by atoms with van der Waals surface area (Å²) in [4.78, 5) is 0.179. The van der Waals surface area contributed by atoms with Crippen molar-refractivity contribution in [1.82, 2.24) is 0 Å². The molecule has 1 heterocycles. The van der Waals surface area contributed by atoms with E-state index >= 15 is 0 Å². The smallest absolute Gasteiger partial charge is 0.261 e. The number of anilines is 2. The summed E-state index contributed by atoms with van der Waals surface area (Å²) in [5.41, 5.74) is 1.35. The van der Waals surface area contributed by atoms with E-state index in [2.05, 4.69) is 10.0 Å². The minimum absolute atomic E-state index is 0.0329. The third-order valence-corrected chi connectivity index (χ3v) is 5.09. The first-order valence-electron chi connectivity index (χ1n) is 8.58. The van der Waals surface area contributed by atoms with Crippen molar-refractivity contribution in [1.29, 1.82) is 0 Å². The first-order chi connectivity index (χ1) is 12.9. The van der Waals surface area contributed by atoms with E-state index in [9.17, 15) is 8.42 Å². The molecule has 142 valence electrons. The Bertz CT molecular complexity index is 948. The molecule has 1 aromatic heterocycles. The summed E-state index contributed by atoms with van der Waals surface area (Å²) in [6.07, 6.45) is 1.65. The Morgan fingerprint density at radius 1 is 0.963 bits per heavy atom. The highest BCUT2D eigenvalue weighted by Gasteiger charge is 2.14. The Hall–Kier alpha value is -2.93. The lowest BCUT2D eigenvalue weighted by atomic mass is 10.3. The second-order valence-corrected chi connectivity index (χ2v) is 7.94. The number of nitrogens with one attached hydrogen (secondary N) is 2. The third kappa shape index (κ3) is 5.27.